The molecule has 3 aromatic rings. The number of nitrogens with zero attached hydrogens (tertiary/aromatic N) is 3. The molecule has 0 fully saturated rings. The molecule has 5 nitrogen and oxygen atoms in total. The topological polar surface area (TPSA) is 63.0 Å². The molecule has 0 amide bonds. The first-order valence-electron chi connectivity index (χ1n) is 5.50. The van der Waals surface area contributed by atoms with E-state index in [1.807, 2.05) is 12.1 Å². The van der Waals surface area contributed by atoms with Gasteiger partial charge in [0.15, 0.2) is 0 Å². The molecule has 0 unspecified atom stereocenters. The lowest BCUT2D eigenvalue weighted by molar-refractivity contribution is 0.903. The molecular weight excluding hydrogens is 287 g/mol. The Morgan fingerprint density at radius 1 is 1.21 bits per heavy atom. The minimum absolute atomic E-state index is 0.263. The Kier molecular flexibility index (Phi) is 3.00. The van der Waals surface area contributed by atoms with Crippen LogP contribution in [-0.2, 0) is 6.42 Å². The molecule has 0 aliphatic carbocycles. The molecule has 0 atom stereocenters. The fourth-order valence-electron chi connectivity index (χ4n) is 1.83. The Labute approximate surface area is 117 Å². The number of rotatable bonds is 2. The Morgan fingerprint density at radius 3 is 2.68 bits per heavy atom. The van der Waals surface area contributed by atoms with Gasteiger partial charge in [-0.15, -0.1) is 0 Å². The number of hydrogen-bond acceptors (Lipinski definition) is 3. The van der Waals surface area contributed by atoms with Crippen LogP contribution in [0.2, 0.25) is 10.2 Å². The lowest BCUT2D eigenvalue weighted by atomic mass is 10.1. The number of aromatic nitrogens is 4. The Balaban J connectivity index is 2.09. The number of aromatic amines is 1. The first-order valence-corrected chi connectivity index (χ1v) is 6.25. The van der Waals surface area contributed by atoms with E-state index in [4.69, 9.17) is 23.2 Å². The van der Waals surface area contributed by atoms with Crippen molar-refractivity contribution >= 4 is 29.0 Å². The van der Waals surface area contributed by atoms with Crippen molar-refractivity contribution in [3.05, 3.63) is 62.2 Å². The van der Waals surface area contributed by atoms with Crippen LogP contribution in [0.15, 0.2) is 35.4 Å². The van der Waals surface area contributed by atoms with Crippen LogP contribution in [0, 0.1) is 0 Å². The second-order valence-electron chi connectivity index (χ2n) is 4.02. The van der Waals surface area contributed by atoms with Gasteiger partial charge in [-0.2, -0.15) is 14.6 Å². The summed E-state index contributed by atoms with van der Waals surface area (Å²) in [5.74, 6) is 0.329. The van der Waals surface area contributed by atoms with Crippen LogP contribution in [0.3, 0.4) is 0 Å². The molecule has 0 saturated heterocycles. The molecule has 3 rings (SSSR count). The molecule has 96 valence electrons. The van der Waals surface area contributed by atoms with Crippen molar-refractivity contribution in [1.29, 1.82) is 0 Å². The second-order valence-corrected chi connectivity index (χ2v) is 4.82. The number of halogens is 2. The zero-order valence-corrected chi connectivity index (χ0v) is 11.1. The van der Waals surface area contributed by atoms with E-state index in [0.29, 0.717) is 22.8 Å². The monoisotopic (exact) mass is 294 g/mol. The maximum atomic E-state index is 12.0. The van der Waals surface area contributed by atoms with Gasteiger partial charge in [0.25, 0.3) is 5.56 Å². The Hall–Kier alpha value is -1.85. The molecule has 2 heterocycles. The summed E-state index contributed by atoms with van der Waals surface area (Å²) in [4.78, 5) is 18.5. The van der Waals surface area contributed by atoms with Crippen LogP contribution in [0.4, 0.5) is 0 Å². The van der Waals surface area contributed by atoms with E-state index in [-0.39, 0.29) is 10.7 Å². The summed E-state index contributed by atoms with van der Waals surface area (Å²) in [6.45, 7) is 0. The molecule has 0 aliphatic heterocycles. The molecule has 1 aromatic carbocycles. The largest absolute Gasteiger partial charge is 0.290 e. The number of H-pyrrole nitrogens is 1. The first-order chi connectivity index (χ1) is 9.15. The van der Waals surface area contributed by atoms with Gasteiger partial charge in [-0.05, 0) is 17.7 Å². The highest BCUT2D eigenvalue weighted by molar-refractivity contribution is 6.30. The fourth-order valence-corrected chi connectivity index (χ4v) is 2.23. The number of nitrogens with one attached hydrogen (secondary N) is 1. The van der Waals surface area contributed by atoms with Crippen molar-refractivity contribution in [1.82, 2.24) is 19.6 Å². The van der Waals surface area contributed by atoms with Crippen molar-refractivity contribution in [2.75, 3.05) is 0 Å². The number of benzene rings is 1. The Bertz CT molecular complexity index is 792. The van der Waals surface area contributed by atoms with Gasteiger partial charge in [-0.25, -0.2) is 0 Å². The summed E-state index contributed by atoms with van der Waals surface area (Å²) in [7, 11) is 0. The highest BCUT2D eigenvalue weighted by atomic mass is 35.5. The van der Waals surface area contributed by atoms with Crippen LogP contribution in [-0.4, -0.2) is 19.6 Å². The lowest BCUT2D eigenvalue weighted by Gasteiger charge is -2.05. The van der Waals surface area contributed by atoms with Gasteiger partial charge in [0, 0.05) is 11.4 Å². The molecule has 1 N–H and O–H groups in total. The van der Waals surface area contributed by atoms with E-state index in [2.05, 4.69) is 15.1 Å². The summed E-state index contributed by atoms with van der Waals surface area (Å²) < 4.78 is 1.40. The molecule has 0 bridgehead atoms. The molecular formula is C12H8Cl2N4O. The molecule has 0 spiro atoms. The van der Waals surface area contributed by atoms with E-state index in [1.54, 1.807) is 12.1 Å². The van der Waals surface area contributed by atoms with E-state index in [0.717, 1.165) is 5.56 Å². The van der Waals surface area contributed by atoms with Crippen LogP contribution in [0.25, 0.3) is 5.78 Å². The van der Waals surface area contributed by atoms with Gasteiger partial charge >= 0.3 is 0 Å². The van der Waals surface area contributed by atoms with E-state index >= 15 is 0 Å². The van der Waals surface area contributed by atoms with Gasteiger partial charge in [-0.3, -0.25) is 9.78 Å². The van der Waals surface area contributed by atoms with E-state index < -0.39 is 0 Å². The zero-order chi connectivity index (χ0) is 13.4. The van der Waals surface area contributed by atoms with E-state index in [1.165, 1.54) is 10.8 Å². The minimum atomic E-state index is -0.263. The fraction of sp³-hybridized carbons (Fsp3) is 0.0833. The van der Waals surface area contributed by atoms with Gasteiger partial charge in [0.05, 0.1) is 5.56 Å². The van der Waals surface area contributed by atoms with Crippen LogP contribution in [0.5, 0.6) is 0 Å². The van der Waals surface area contributed by atoms with Crippen molar-refractivity contribution < 1.29 is 0 Å². The molecule has 0 aliphatic rings. The third kappa shape index (κ3) is 2.22. The van der Waals surface area contributed by atoms with E-state index in [9.17, 15) is 4.79 Å². The predicted octanol–water partition coefficient (Wildman–Crippen LogP) is 2.32. The normalized spacial score (nSPS) is 11.1. The summed E-state index contributed by atoms with van der Waals surface area (Å²) in [5.41, 5.74) is 1.12. The van der Waals surface area contributed by atoms with Crippen LogP contribution >= 0.6 is 23.2 Å². The average molecular weight is 295 g/mol. The smallest absolute Gasteiger partial charge is 0.257 e. The van der Waals surface area contributed by atoms with Gasteiger partial charge in [0.2, 0.25) is 5.78 Å². The summed E-state index contributed by atoms with van der Waals surface area (Å²) in [6.07, 6.45) is 1.74. The van der Waals surface area contributed by atoms with Crippen molar-refractivity contribution in [3.8, 4) is 0 Å². The zero-order valence-electron chi connectivity index (χ0n) is 9.60. The quantitative estimate of drug-likeness (QED) is 0.738. The van der Waals surface area contributed by atoms with Crippen LogP contribution < -0.4 is 5.56 Å². The summed E-state index contributed by atoms with van der Waals surface area (Å²) in [5, 5.41) is 4.88. The SMILES string of the molecule is O=c1[nH]c2ncnn2c(Cl)c1Cc1ccc(Cl)cc1. The standard InChI is InChI=1S/C12H8Cl2N4O/c13-8-3-1-7(2-4-8)5-9-10(14)18-12(15-6-16-18)17-11(9)19/h1-4,6H,5H2,(H,15,16,17,19). The summed E-state index contributed by atoms with van der Waals surface area (Å²) >= 11 is 12.0. The van der Waals surface area contributed by atoms with Crippen molar-refractivity contribution in [2.45, 2.75) is 6.42 Å². The second kappa shape index (κ2) is 4.68. The molecule has 19 heavy (non-hydrogen) atoms. The molecule has 2 aromatic heterocycles. The van der Waals surface area contributed by atoms with Gasteiger partial charge < -0.3 is 0 Å². The third-order valence-corrected chi connectivity index (χ3v) is 3.42. The first kappa shape index (κ1) is 12.2. The highest BCUT2D eigenvalue weighted by Crippen LogP contribution is 2.17. The molecule has 0 saturated carbocycles. The predicted molar refractivity (Wildman–Crippen MR) is 72.9 cm³/mol. The maximum Gasteiger partial charge on any atom is 0.257 e. The highest BCUT2D eigenvalue weighted by Gasteiger charge is 2.12. The van der Waals surface area contributed by atoms with Crippen molar-refractivity contribution in [2.24, 2.45) is 0 Å². The summed E-state index contributed by atoms with van der Waals surface area (Å²) in [6, 6.07) is 7.24. The van der Waals surface area contributed by atoms with Crippen LogP contribution in [0.1, 0.15) is 11.1 Å². The number of hydrogen-bond donors (Lipinski definition) is 1. The van der Waals surface area contributed by atoms with Crippen molar-refractivity contribution in [3.63, 3.8) is 0 Å². The van der Waals surface area contributed by atoms with Gasteiger partial charge in [0.1, 0.15) is 11.5 Å². The maximum absolute atomic E-state index is 12.0. The molecule has 0 radical (unpaired) electrons. The number of fused-ring (bicyclic) bond motifs is 1. The van der Waals surface area contributed by atoms with Gasteiger partial charge in [-0.1, -0.05) is 35.3 Å². The third-order valence-electron chi connectivity index (χ3n) is 2.78. The Morgan fingerprint density at radius 2 is 1.95 bits per heavy atom. The lowest BCUT2D eigenvalue weighted by Crippen LogP contribution is -2.17. The average Bonchev–Trinajstić information content (AvgIpc) is 2.85. The molecule has 7 heteroatoms. The minimum Gasteiger partial charge on any atom is -0.290 e.